The topological polar surface area (TPSA) is 56.7 Å². The third-order valence-corrected chi connectivity index (χ3v) is 4.63. The molecule has 1 fully saturated rings. The van der Waals surface area contributed by atoms with Gasteiger partial charge in [-0.05, 0) is 26.2 Å². The average Bonchev–Trinajstić information content (AvgIpc) is 3.01. The number of nitrogens with one attached hydrogen (secondary N) is 2. The van der Waals surface area contributed by atoms with E-state index >= 15 is 0 Å². The number of guanidine groups is 1. The predicted octanol–water partition coefficient (Wildman–Crippen LogP) is 3.39. The highest BCUT2D eigenvalue weighted by atomic mass is 127. The Kier molecular flexibility index (Phi) is 12.5. The van der Waals surface area contributed by atoms with Crippen LogP contribution in [0.3, 0.4) is 0 Å². The Labute approximate surface area is 165 Å². The summed E-state index contributed by atoms with van der Waals surface area (Å²) in [6.07, 6.45) is 9.16. The van der Waals surface area contributed by atoms with Crippen LogP contribution in [0.4, 0.5) is 0 Å². The highest BCUT2D eigenvalue weighted by Crippen LogP contribution is 2.39. The van der Waals surface area contributed by atoms with Crippen molar-refractivity contribution in [3.63, 3.8) is 0 Å². The zero-order chi connectivity index (χ0) is 17.1. The molecule has 24 heavy (non-hydrogen) atoms. The van der Waals surface area contributed by atoms with Gasteiger partial charge in [0.1, 0.15) is 0 Å². The summed E-state index contributed by atoms with van der Waals surface area (Å²) in [5, 5.41) is 6.70. The number of carbonyl (C=O) groups is 1. The predicted molar refractivity (Wildman–Crippen MR) is 113 cm³/mol. The number of nitrogens with zero attached hydrogens (tertiary/aromatic N) is 2. The van der Waals surface area contributed by atoms with Gasteiger partial charge in [-0.3, -0.25) is 9.79 Å². The highest BCUT2D eigenvalue weighted by molar-refractivity contribution is 14.0. The monoisotopic (exact) mass is 452 g/mol. The molecule has 0 bridgehead atoms. The largest absolute Gasteiger partial charge is 0.357 e. The fraction of sp³-hybridized carbons (Fsp3) is 0.889. The summed E-state index contributed by atoms with van der Waals surface area (Å²) >= 11 is 0. The van der Waals surface area contributed by atoms with Crippen LogP contribution in [0.25, 0.3) is 0 Å². The van der Waals surface area contributed by atoms with Gasteiger partial charge in [-0.25, -0.2) is 0 Å². The lowest BCUT2D eigenvalue weighted by Gasteiger charge is -2.29. The summed E-state index contributed by atoms with van der Waals surface area (Å²) in [5.41, 5.74) is -0.284. The Morgan fingerprint density at radius 1 is 1.08 bits per heavy atom. The van der Waals surface area contributed by atoms with Gasteiger partial charge in [0.15, 0.2) is 5.96 Å². The molecule has 0 aliphatic heterocycles. The molecule has 0 heterocycles. The molecule has 0 atom stereocenters. The molecular formula is C18H37IN4O. The lowest BCUT2D eigenvalue weighted by molar-refractivity contribution is -0.138. The van der Waals surface area contributed by atoms with Crippen LogP contribution in [0.1, 0.15) is 65.2 Å². The van der Waals surface area contributed by atoms with Crippen LogP contribution in [-0.2, 0) is 4.79 Å². The van der Waals surface area contributed by atoms with Crippen LogP contribution < -0.4 is 10.6 Å². The van der Waals surface area contributed by atoms with Crippen LogP contribution in [0, 0.1) is 5.41 Å². The number of carbonyl (C=O) groups excluding carboxylic acids is 1. The Hall–Kier alpha value is -0.530. The number of hydrogen-bond acceptors (Lipinski definition) is 2. The van der Waals surface area contributed by atoms with Gasteiger partial charge in [-0.1, -0.05) is 39.0 Å². The minimum absolute atomic E-state index is 0. The van der Waals surface area contributed by atoms with E-state index in [-0.39, 0.29) is 35.3 Å². The number of unbranched alkanes of at least 4 members (excludes halogenated alkanes) is 3. The molecule has 1 rings (SSSR count). The molecule has 1 aliphatic rings. The first-order chi connectivity index (χ1) is 11.1. The molecule has 2 N–H and O–H groups in total. The molecule has 5 nitrogen and oxygen atoms in total. The van der Waals surface area contributed by atoms with Gasteiger partial charge in [0, 0.05) is 27.2 Å². The van der Waals surface area contributed by atoms with Crippen LogP contribution in [-0.4, -0.2) is 50.5 Å². The van der Waals surface area contributed by atoms with Gasteiger partial charge in [0.25, 0.3) is 0 Å². The van der Waals surface area contributed by atoms with Crippen molar-refractivity contribution in [2.75, 3.05) is 33.7 Å². The first-order valence-electron chi connectivity index (χ1n) is 9.29. The van der Waals surface area contributed by atoms with Gasteiger partial charge >= 0.3 is 0 Å². The van der Waals surface area contributed by atoms with Gasteiger partial charge in [0.05, 0.1) is 12.0 Å². The lowest BCUT2D eigenvalue weighted by Crippen LogP contribution is -2.43. The molecule has 0 spiro atoms. The molecule has 1 amide bonds. The van der Waals surface area contributed by atoms with E-state index in [9.17, 15) is 4.79 Å². The Morgan fingerprint density at radius 2 is 1.75 bits per heavy atom. The van der Waals surface area contributed by atoms with Crippen LogP contribution in [0.5, 0.6) is 0 Å². The van der Waals surface area contributed by atoms with E-state index in [0.29, 0.717) is 6.54 Å². The quantitative estimate of drug-likeness (QED) is 0.244. The minimum Gasteiger partial charge on any atom is -0.357 e. The second-order valence-corrected chi connectivity index (χ2v) is 6.87. The third kappa shape index (κ3) is 7.57. The normalized spacial score (nSPS) is 16.4. The molecule has 0 aromatic heterocycles. The maximum Gasteiger partial charge on any atom is 0.230 e. The van der Waals surface area contributed by atoms with Gasteiger partial charge in [-0.2, -0.15) is 0 Å². The van der Waals surface area contributed by atoms with Crippen LogP contribution >= 0.6 is 24.0 Å². The van der Waals surface area contributed by atoms with Crippen molar-refractivity contribution < 1.29 is 4.79 Å². The van der Waals surface area contributed by atoms with Gasteiger partial charge < -0.3 is 15.5 Å². The van der Waals surface area contributed by atoms with Crippen molar-refractivity contribution in [3.8, 4) is 0 Å². The molecule has 0 radical (unpaired) electrons. The van der Waals surface area contributed by atoms with Crippen molar-refractivity contribution in [2.45, 2.75) is 65.2 Å². The van der Waals surface area contributed by atoms with Crippen molar-refractivity contribution in [1.82, 2.24) is 15.5 Å². The molecule has 1 saturated carbocycles. The zero-order valence-electron chi connectivity index (χ0n) is 16.0. The van der Waals surface area contributed by atoms with E-state index in [2.05, 4.69) is 24.5 Å². The third-order valence-electron chi connectivity index (χ3n) is 4.63. The van der Waals surface area contributed by atoms with Crippen molar-refractivity contribution in [3.05, 3.63) is 0 Å². The summed E-state index contributed by atoms with van der Waals surface area (Å²) in [5.74, 6) is 1.08. The molecule has 6 heteroatoms. The summed E-state index contributed by atoms with van der Waals surface area (Å²) in [6.45, 7) is 6.68. The standard InChI is InChI=1S/C18H36N4O.HI/c1-5-7-8-11-14-20-17(19-6-2)21-15-18(12-9-10-13-18)16(23)22(3)4;/h5-15H2,1-4H3,(H2,19,20,21);1H. The minimum atomic E-state index is -0.284. The second-order valence-electron chi connectivity index (χ2n) is 6.87. The molecule has 0 aromatic carbocycles. The fourth-order valence-electron chi connectivity index (χ4n) is 3.30. The molecule has 0 saturated heterocycles. The zero-order valence-corrected chi connectivity index (χ0v) is 18.3. The first-order valence-corrected chi connectivity index (χ1v) is 9.29. The SMILES string of the molecule is CCCCCCNC(=NCC1(C(=O)N(C)C)CCCC1)NCC.I. The summed E-state index contributed by atoms with van der Waals surface area (Å²) in [4.78, 5) is 19.0. The lowest BCUT2D eigenvalue weighted by atomic mass is 9.85. The number of halogens is 1. The van der Waals surface area contributed by atoms with Crippen molar-refractivity contribution >= 4 is 35.8 Å². The molecule has 0 unspecified atom stereocenters. The van der Waals surface area contributed by atoms with Crippen LogP contribution in [0.15, 0.2) is 4.99 Å². The number of amides is 1. The number of hydrogen-bond donors (Lipinski definition) is 2. The molecule has 1 aliphatic carbocycles. The fourth-order valence-corrected chi connectivity index (χ4v) is 3.30. The first kappa shape index (κ1) is 23.5. The highest BCUT2D eigenvalue weighted by Gasteiger charge is 2.41. The van der Waals surface area contributed by atoms with Crippen molar-refractivity contribution in [1.29, 1.82) is 0 Å². The average molecular weight is 452 g/mol. The Bertz CT molecular complexity index is 379. The van der Waals surface area contributed by atoms with Gasteiger partial charge in [-0.15, -0.1) is 24.0 Å². The maximum atomic E-state index is 12.6. The van der Waals surface area contributed by atoms with E-state index in [0.717, 1.165) is 44.7 Å². The van der Waals surface area contributed by atoms with E-state index in [1.54, 1.807) is 4.90 Å². The molecule has 142 valence electrons. The molecule has 0 aromatic rings. The maximum absolute atomic E-state index is 12.6. The molecular weight excluding hydrogens is 415 g/mol. The summed E-state index contributed by atoms with van der Waals surface area (Å²) in [7, 11) is 3.70. The van der Waals surface area contributed by atoms with Gasteiger partial charge in [0.2, 0.25) is 5.91 Å². The Morgan fingerprint density at radius 3 is 2.29 bits per heavy atom. The van der Waals surface area contributed by atoms with Crippen LogP contribution in [0.2, 0.25) is 0 Å². The smallest absolute Gasteiger partial charge is 0.230 e. The number of rotatable bonds is 9. The Balaban J connectivity index is 0.00000529. The number of aliphatic imine (C=N–C) groups is 1. The van der Waals surface area contributed by atoms with E-state index in [1.165, 1.54) is 25.7 Å². The van der Waals surface area contributed by atoms with E-state index in [1.807, 2.05) is 14.1 Å². The summed E-state index contributed by atoms with van der Waals surface area (Å²) in [6, 6.07) is 0. The summed E-state index contributed by atoms with van der Waals surface area (Å²) < 4.78 is 0. The second kappa shape index (κ2) is 12.8. The van der Waals surface area contributed by atoms with E-state index in [4.69, 9.17) is 4.99 Å². The van der Waals surface area contributed by atoms with Crippen molar-refractivity contribution in [2.24, 2.45) is 10.4 Å². The van der Waals surface area contributed by atoms with E-state index < -0.39 is 0 Å².